The predicted molar refractivity (Wildman–Crippen MR) is 76.1 cm³/mol. The van der Waals surface area contributed by atoms with Gasteiger partial charge >= 0.3 is 0 Å². The van der Waals surface area contributed by atoms with Gasteiger partial charge in [-0.25, -0.2) is 0 Å². The number of likely N-dealkylation sites (tertiary alicyclic amines) is 1. The van der Waals surface area contributed by atoms with E-state index >= 15 is 0 Å². The van der Waals surface area contributed by atoms with E-state index in [0.717, 1.165) is 41.6 Å². The van der Waals surface area contributed by atoms with Gasteiger partial charge in [-0.2, -0.15) is 0 Å². The van der Waals surface area contributed by atoms with Crippen molar-refractivity contribution in [1.29, 1.82) is 0 Å². The SMILES string of the molecule is Cc1ccsc1C(=O)N1CCCCC1CCBr. The van der Waals surface area contributed by atoms with Crippen molar-refractivity contribution in [3.05, 3.63) is 21.9 Å². The molecule has 1 atom stereocenters. The summed E-state index contributed by atoms with van der Waals surface area (Å²) in [6.07, 6.45) is 4.62. The molecular weight excluding hydrogens is 298 g/mol. The second-order valence-electron chi connectivity index (χ2n) is 4.56. The van der Waals surface area contributed by atoms with Crippen molar-refractivity contribution in [3.8, 4) is 0 Å². The molecule has 2 heterocycles. The fourth-order valence-electron chi connectivity index (χ4n) is 2.42. The zero-order chi connectivity index (χ0) is 12.3. The van der Waals surface area contributed by atoms with Gasteiger partial charge in [-0.15, -0.1) is 11.3 Å². The second-order valence-corrected chi connectivity index (χ2v) is 6.27. The number of alkyl halides is 1. The first kappa shape index (κ1) is 13.1. The van der Waals surface area contributed by atoms with E-state index in [2.05, 4.69) is 20.8 Å². The third-order valence-corrected chi connectivity index (χ3v) is 4.85. The maximum absolute atomic E-state index is 12.5. The summed E-state index contributed by atoms with van der Waals surface area (Å²) in [5.74, 6) is 0.239. The number of thiophene rings is 1. The standard InChI is InChI=1S/C13H18BrNOS/c1-10-6-9-17-12(10)13(16)15-8-3-2-4-11(15)5-7-14/h6,9,11H,2-5,7-8H2,1H3. The topological polar surface area (TPSA) is 20.3 Å². The molecule has 1 saturated heterocycles. The number of aryl methyl sites for hydroxylation is 1. The summed E-state index contributed by atoms with van der Waals surface area (Å²) in [6, 6.07) is 2.46. The molecule has 94 valence electrons. The minimum Gasteiger partial charge on any atom is -0.335 e. The molecule has 1 fully saturated rings. The smallest absolute Gasteiger partial charge is 0.264 e. The Bertz CT molecular complexity index is 389. The summed E-state index contributed by atoms with van der Waals surface area (Å²) < 4.78 is 0. The summed E-state index contributed by atoms with van der Waals surface area (Å²) in [7, 11) is 0. The van der Waals surface area contributed by atoms with Crippen LogP contribution in [0, 0.1) is 6.92 Å². The molecule has 17 heavy (non-hydrogen) atoms. The molecule has 0 bridgehead atoms. The monoisotopic (exact) mass is 315 g/mol. The third kappa shape index (κ3) is 2.91. The molecule has 1 aliphatic heterocycles. The van der Waals surface area contributed by atoms with Crippen LogP contribution in [0.25, 0.3) is 0 Å². The Hall–Kier alpha value is -0.350. The molecule has 0 aliphatic carbocycles. The number of piperidine rings is 1. The molecular formula is C13H18BrNOS. The van der Waals surface area contributed by atoms with E-state index in [1.165, 1.54) is 6.42 Å². The second kappa shape index (κ2) is 6.01. The molecule has 1 unspecified atom stereocenters. The van der Waals surface area contributed by atoms with Crippen LogP contribution in [0.1, 0.15) is 40.9 Å². The highest BCUT2D eigenvalue weighted by molar-refractivity contribution is 9.09. The van der Waals surface area contributed by atoms with Crippen LogP contribution in [0.15, 0.2) is 11.4 Å². The van der Waals surface area contributed by atoms with Crippen molar-refractivity contribution in [3.63, 3.8) is 0 Å². The maximum atomic E-state index is 12.5. The minimum atomic E-state index is 0.239. The van der Waals surface area contributed by atoms with Crippen LogP contribution in [-0.4, -0.2) is 28.7 Å². The largest absolute Gasteiger partial charge is 0.335 e. The van der Waals surface area contributed by atoms with Gasteiger partial charge in [-0.3, -0.25) is 4.79 Å². The van der Waals surface area contributed by atoms with Crippen molar-refractivity contribution >= 4 is 33.2 Å². The van der Waals surface area contributed by atoms with E-state index < -0.39 is 0 Å². The van der Waals surface area contributed by atoms with Gasteiger partial charge in [0.15, 0.2) is 0 Å². The molecule has 2 nitrogen and oxygen atoms in total. The Morgan fingerprint density at radius 1 is 1.59 bits per heavy atom. The first-order valence-electron chi connectivity index (χ1n) is 6.15. The average Bonchev–Trinajstić information content (AvgIpc) is 2.76. The number of carbonyl (C=O) groups is 1. The van der Waals surface area contributed by atoms with Crippen LogP contribution in [0.3, 0.4) is 0 Å². The lowest BCUT2D eigenvalue weighted by Gasteiger charge is -2.35. The Morgan fingerprint density at radius 2 is 2.41 bits per heavy atom. The molecule has 1 amide bonds. The number of halogens is 1. The van der Waals surface area contributed by atoms with Crippen LogP contribution in [0.2, 0.25) is 0 Å². The summed E-state index contributed by atoms with van der Waals surface area (Å²) in [5.41, 5.74) is 1.11. The Labute approximate surface area is 115 Å². The van der Waals surface area contributed by atoms with E-state index in [4.69, 9.17) is 0 Å². The Morgan fingerprint density at radius 3 is 3.06 bits per heavy atom. The number of hydrogen-bond donors (Lipinski definition) is 0. The van der Waals surface area contributed by atoms with Crippen LogP contribution in [-0.2, 0) is 0 Å². The molecule has 0 aromatic carbocycles. The highest BCUT2D eigenvalue weighted by Gasteiger charge is 2.28. The van der Waals surface area contributed by atoms with Crippen molar-refractivity contribution in [1.82, 2.24) is 4.90 Å². The number of hydrogen-bond acceptors (Lipinski definition) is 2. The van der Waals surface area contributed by atoms with Crippen molar-refractivity contribution < 1.29 is 4.79 Å². The fourth-order valence-corrected chi connectivity index (χ4v) is 3.83. The molecule has 0 radical (unpaired) electrons. The number of nitrogens with zero attached hydrogens (tertiary/aromatic N) is 1. The fraction of sp³-hybridized carbons (Fsp3) is 0.615. The van der Waals surface area contributed by atoms with Crippen LogP contribution < -0.4 is 0 Å². The highest BCUT2D eigenvalue weighted by Crippen LogP contribution is 2.25. The molecule has 1 aromatic heterocycles. The Balaban J connectivity index is 2.14. The zero-order valence-corrected chi connectivity index (χ0v) is 12.5. The first-order chi connectivity index (χ1) is 8.24. The zero-order valence-electron chi connectivity index (χ0n) is 10.1. The third-order valence-electron chi connectivity index (χ3n) is 3.39. The number of amides is 1. The molecule has 0 N–H and O–H groups in total. The van der Waals surface area contributed by atoms with Gasteiger partial charge in [-0.05, 0) is 49.6 Å². The molecule has 1 aliphatic rings. The van der Waals surface area contributed by atoms with Gasteiger partial charge in [0.2, 0.25) is 0 Å². The van der Waals surface area contributed by atoms with E-state index in [1.807, 2.05) is 18.4 Å². The van der Waals surface area contributed by atoms with Crippen molar-refractivity contribution in [2.45, 2.75) is 38.6 Å². The molecule has 0 saturated carbocycles. The van der Waals surface area contributed by atoms with E-state index in [9.17, 15) is 4.79 Å². The quantitative estimate of drug-likeness (QED) is 0.776. The van der Waals surface area contributed by atoms with E-state index in [1.54, 1.807) is 11.3 Å². The molecule has 1 aromatic rings. The number of carbonyl (C=O) groups excluding carboxylic acids is 1. The maximum Gasteiger partial charge on any atom is 0.264 e. The summed E-state index contributed by atoms with van der Waals surface area (Å²) in [5, 5.41) is 2.98. The van der Waals surface area contributed by atoms with E-state index in [0.29, 0.717) is 6.04 Å². The van der Waals surface area contributed by atoms with Gasteiger partial charge in [0.25, 0.3) is 5.91 Å². The summed E-state index contributed by atoms with van der Waals surface area (Å²) in [4.78, 5) is 15.5. The van der Waals surface area contributed by atoms with E-state index in [-0.39, 0.29) is 5.91 Å². The highest BCUT2D eigenvalue weighted by atomic mass is 79.9. The predicted octanol–water partition coefficient (Wildman–Crippen LogP) is 3.84. The van der Waals surface area contributed by atoms with Crippen molar-refractivity contribution in [2.75, 3.05) is 11.9 Å². The molecule has 2 rings (SSSR count). The Kier molecular flexibility index (Phi) is 4.62. The van der Waals surface area contributed by atoms with Crippen LogP contribution >= 0.6 is 27.3 Å². The molecule has 4 heteroatoms. The van der Waals surface area contributed by atoms with Crippen LogP contribution in [0.5, 0.6) is 0 Å². The minimum absolute atomic E-state index is 0.239. The summed E-state index contributed by atoms with van der Waals surface area (Å²) >= 11 is 5.06. The first-order valence-corrected chi connectivity index (χ1v) is 8.15. The van der Waals surface area contributed by atoms with Gasteiger partial charge in [0.05, 0.1) is 4.88 Å². The van der Waals surface area contributed by atoms with Gasteiger partial charge in [0.1, 0.15) is 0 Å². The van der Waals surface area contributed by atoms with Gasteiger partial charge < -0.3 is 4.90 Å². The summed E-state index contributed by atoms with van der Waals surface area (Å²) in [6.45, 7) is 2.95. The number of rotatable bonds is 3. The van der Waals surface area contributed by atoms with Crippen molar-refractivity contribution in [2.24, 2.45) is 0 Å². The normalized spacial score (nSPS) is 20.6. The molecule has 0 spiro atoms. The van der Waals surface area contributed by atoms with Crippen LogP contribution in [0.4, 0.5) is 0 Å². The lowest BCUT2D eigenvalue weighted by Crippen LogP contribution is -2.43. The lowest BCUT2D eigenvalue weighted by molar-refractivity contribution is 0.0614. The lowest BCUT2D eigenvalue weighted by atomic mass is 9.99. The van der Waals surface area contributed by atoms with Gasteiger partial charge in [0, 0.05) is 17.9 Å². The van der Waals surface area contributed by atoms with Gasteiger partial charge in [-0.1, -0.05) is 15.9 Å². The average molecular weight is 316 g/mol.